The Morgan fingerprint density at radius 2 is 2.13 bits per heavy atom. The number of hydrogen-bond acceptors (Lipinski definition) is 2. The minimum atomic E-state index is 0.187. The Balaban J connectivity index is 2.29. The van der Waals surface area contributed by atoms with E-state index >= 15 is 0 Å². The van der Waals surface area contributed by atoms with E-state index in [4.69, 9.17) is 0 Å². The van der Waals surface area contributed by atoms with Crippen LogP contribution in [0.2, 0.25) is 0 Å². The van der Waals surface area contributed by atoms with E-state index in [1.54, 1.807) is 4.90 Å². The molecule has 1 aliphatic rings. The molecule has 3 nitrogen and oxygen atoms in total. The number of benzene rings is 1. The maximum atomic E-state index is 11.5. The second-order valence-electron chi connectivity index (χ2n) is 4.33. The first kappa shape index (κ1) is 10.2. The number of nitrogens with zero attached hydrogens (tertiary/aromatic N) is 2. The lowest BCUT2D eigenvalue weighted by atomic mass is 10.1. The summed E-state index contributed by atoms with van der Waals surface area (Å²) in [5.41, 5.74) is 3.48. The Morgan fingerprint density at radius 3 is 2.80 bits per heavy atom. The highest BCUT2D eigenvalue weighted by atomic mass is 16.2. The summed E-state index contributed by atoms with van der Waals surface area (Å²) in [5.74, 6) is 0.187. The van der Waals surface area contributed by atoms with Crippen LogP contribution in [0.25, 0.3) is 0 Å². The zero-order valence-corrected chi connectivity index (χ0v) is 9.45. The van der Waals surface area contributed by atoms with Crippen molar-refractivity contribution >= 4 is 11.6 Å². The Kier molecular flexibility index (Phi) is 2.49. The Morgan fingerprint density at radius 1 is 1.40 bits per heavy atom. The van der Waals surface area contributed by atoms with E-state index < -0.39 is 0 Å². The van der Waals surface area contributed by atoms with E-state index in [0.717, 1.165) is 17.8 Å². The van der Waals surface area contributed by atoms with E-state index in [1.165, 1.54) is 5.56 Å². The minimum absolute atomic E-state index is 0.187. The molecule has 0 aliphatic carbocycles. The summed E-state index contributed by atoms with van der Waals surface area (Å²) in [6.45, 7) is 0.922. The van der Waals surface area contributed by atoms with Gasteiger partial charge in [-0.15, -0.1) is 0 Å². The molecule has 0 fully saturated rings. The van der Waals surface area contributed by atoms with Crippen LogP contribution in [-0.4, -0.2) is 32.0 Å². The van der Waals surface area contributed by atoms with Crippen molar-refractivity contribution in [1.82, 2.24) is 4.90 Å². The van der Waals surface area contributed by atoms with Gasteiger partial charge in [0.2, 0.25) is 5.91 Å². The van der Waals surface area contributed by atoms with Gasteiger partial charge in [0.1, 0.15) is 0 Å². The zero-order chi connectivity index (χ0) is 11.0. The summed E-state index contributed by atoms with van der Waals surface area (Å²) in [5, 5.41) is 0. The molecule has 15 heavy (non-hydrogen) atoms. The fraction of sp³-hybridized carbons (Fsp3) is 0.417. The van der Waals surface area contributed by atoms with E-state index in [9.17, 15) is 4.79 Å². The van der Waals surface area contributed by atoms with Crippen LogP contribution >= 0.6 is 0 Å². The van der Waals surface area contributed by atoms with Crippen LogP contribution in [-0.2, 0) is 17.8 Å². The van der Waals surface area contributed by atoms with Crippen molar-refractivity contribution in [2.45, 2.75) is 13.0 Å². The number of fused-ring (bicyclic) bond motifs is 1. The van der Waals surface area contributed by atoms with Gasteiger partial charge in [-0.25, -0.2) is 0 Å². The average molecular weight is 204 g/mol. The van der Waals surface area contributed by atoms with Crippen molar-refractivity contribution in [3.63, 3.8) is 0 Å². The van der Waals surface area contributed by atoms with Gasteiger partial charge in [0, 0.05) is 19.3 Å². The molecule has 0 aromatic heterocycles. The van der Waals surface area contributed by atoms with Crippen molar-refractivity contribution in [1.29, 1.82) is 0 Å². The number of likely N-dealkylation sites (N-methyl/N-ethyl adjacent to an activating group) is 1. The van der Waals surface area contributed by atoms with Crippen molar-refractivity contribution < 1.29 is 4.79 Å². The number of rotatable bonds is 2. The number of anilines is 1. The topological polar surface area (TPSA) is 23.6 Å². The molecule has 0 N–H and O–H groups in total. The molecule has 1 aromatic carbocycles. The minimum Gasteiger partial charge on any atom is -0.315 e. The molecule has 0 saturated heterocycles. The molecule has 1 heterocycles. The van der Waals surface area contributed by atoms with Crippen molar-refractivity contribution in [2.75, 3.05) is 26.0 Å². The van der Waals surface area contributed by atoms with Gasteiger partial charge < -0.3 is 9.80 Å². The van der Waals surface area contributed by atoms with Crippen LogP contribution < -0.4 is 4.90 Å². The van der Waals surface area contributed by atoms with Crippen LogP contribution in [0.1, 0.15) is 11.1 Å². The maximum absolute atomic E-state index is 11.5. The lowest BCUT2D eigenvalue weighted by molar-refractivity contribution is -0.117. The summed E-state index contributed by atoms with van der Waals surface area (Å²) < 4.78 is 0. The van der Waals surface area contributed by atoms with Crippen LogP contribution in [0.3, 0.4) is 0 Å². The maximum Gasteiger partial charge on any atom is 0.231 e. The number of carbonyl (C=O) groups excluding carboxylic acids is 1. The number of amides is 1. The normalized spacial score (nSPS) is 14.9. The van der Waals surface area contributed by atoms with Gasteiger partial charge in [-0.3, -0.25) is 4.79 Å². The molecular weight excluding hydrogens is 188 g/mol. The monoisotopic (exact) mass is 204 g/mol. The lowest BCUT2D eigenvalue weighted by Gasteiger charge is -2.12. The van der Waals surface area contributed by atoms with E-state index in [2.05, 4.69) is 17.0 Å². The van der Waals surface area contributed by atoms with Crippen molar-refractivity contribution in [2.24, 2.45) is 0 Å². The molecule has 1 aliphatic heterocycles. The first-order valence-corrected chi connectivity index (χ1v) is 5.11. The first-order chi connectivity index (χ1) is 7.08. The third kappa shape index (κ3) is 1.88. The lowest BCUT2D eigenvalue weighted by Crippen LogP contribution is -2.20. The van der Waals surface area contributed by atoms with Crippen molar-refractivity contribution in [3.05, 3.63) is 29.3 Å². The molecule has 0 saturated carbocycles. The van der Waals surface area contributed by atoms with Crippen LogP contribution in [0.4, 0.5) is 5.69 Å². The van der Waals surface area contributed by atoms with Crippen LogP contribution in [0.15, 0.2) is 18.2 Å². The van der Waals surface area contributed by atoms with Crippen LogP contribution in [0, 0.1) is 0 Å². The second-order valence-corrected chi connectivity index (χ2v) is 4.33. The quantitative estimate of drug-likeness (QED) is 0.724. The molecule has 2 rings (SSSR count). The molecule has 0 spiro atoms. The largest absolute Gasteiger partial charge is 0.315 e. The highest BCUT2D eigenvalue weighted by molar-refractivity contribution is 6.00. The Hall–Kier alpha value is -1.35. The molecule has 80 valence electrons. The van der Waals surface area contributed by atoms with Gasteiger partial charge in [0.15, 0.2) is 0 Å². The predicted molar refractivity (Wildman–Crippen MR) is 60.9 cm³/mol. The molecule has 0 unspecified atom stereocenters. The van der Waals surface area contributed by atoms with Gasteiger partial charge in [0.25, 0.3) is 0 Å². The highest BCUT2D eigenvalue weighted by Crippen LogP contribution is 2.28. The fourth-order valence-electron chi connectivity index (χ4n) is 1.99. The summed E-state index contributed by atoms with van der Waals surface area (Å²) in [7, 11) is 5.93. The standard InChI is InChI=1S/C12H16N2O/c1-13(2)8-9-4-5-11-10(6-9)7-12(15)14(11)3/h4-6H,7-8H2,1-3H3. The smallest absolute Gasteiger partial charge is 0.231 e. The Labute approximate surface area is 90.3 Å². The van der Waals surface area contributed by atoms with Gasteiger partial charge in [-0.1, -0.05) is 12.1 Å². The number of hydrogen-bond donors (Lipinski definition) is 0. The van der Waals surface area contributed by atoms with E-state index in [-0.39, 0.29) is 5.91 Å². The molecule has 0 bridgehead atoms. The average Bonchev–Trinajstić information content (AvgIpc) is 2.41. The Bertz CT molecular complexity index is 399. The molecule has 1 aromatic rings. The summed E-state index contributed by atoms with van der Waals surface area (Å²) in [6.07, 6.45) is 0.549. The summed E-state index contributed by atoms with van der Waals surface area (Å²) in [4.78, 5) is 15.3. The predicted octanol–water partition coefficient (Wildman–Crippen LogP) is 1.27. The third-order valence-corrected chi connectivity index (χ3v) is 2.72. The summed E-state index contributed by atoms with van der Waals surface area (Å²) in [6, 6.07) is 6.27. The SMILES string of the molecule is CN(C)Cc1ccc2c(c1)CC(=O)N2C. The molecule has 0 atom stereocenters. The molecule has 3 heteroatoms. The first-order valence-electron chi connectivity index (χ1n) is 5.11. The third-order valence-electron chi connectivity index (χ3n) is 2.72. The van der Waals surface area contributed by atoms with Gasteiger partial charge in [-0.05, 0) is 31.3 Å². The summed E-state index contributed by atoms with van der Waals surface area (Å²) >= 11 is 0. The highest BCUT2D eigenvalue weighted by Gasteiger charge is 2.23. The second kappa shape index (κ2) is 3.66. The molecule has 1 amide bonds. The molecular formula is C12H16N2O. The van der Waals surface area contributed by atoms with Gasteiger partial charge in [0.05, 0.1) is 6.42 Å². The van der Waals surface area contributed by atoms with E-state index in [1.807, 2.05) is 27.2 Å². The zero-order valence-electron chi connectivity index (χ0n) is 9.45. The van der Waals surface area contributed by atoms with Gasteiger partial charge in [-0.2, -0.15) is 0 Å². The number of carbonyl (C=O) groups is 1. The fourth-order valence-corrected chi connectivity index (χ4v) is 1.99. The molecule has 0 radical (unpaired) electrons. The van der Waals surface area contributed by atoms with Crippen LogP contribution in [0.5, 0.6) is 0 Å². The van der Waals surface area contributed by atoms with Gasteiger partial charge >= 0.3 is 0 Å². The van der Waals surface area contributed by atoms with Crippen molar-refractivity contribution in [3.8, 4) is 0 Å². The van der Waals surface area contributed by atoms with E-state index in [0.29, 0.717) is 6.42 Å².